The highest BCUT2D eigenvalue weighted by atomic mass is 32.2. The number of nitrogens with one attached hydrogen (secondary N) is 2. The molecule has 0 unspecified atom stereocenters. The van der Waals surface area contributed by atoms with Crippen molar-refractivity contribution in [3.63, 3.8) is 0 Å². The van der Waals surface area contributed by atoms with Crippen LogP contribution in [0, 0.1) is 17.0 Å². The first kappa shape index (κ1) is 31.5. The van der Waals surface area contributed by atoms with Crippen molar-refractivity contribution in [2.24, 2.45) is 0 Å². The van der Waals surface area contributed by atoms with Crippen molar-refractivity contribution < 1.29 is 28.0 Å². The summed E-state index contributed by atoms with van der Waals surface area (Å²) < 4.78 is 34.4. The number of carbonyl (C=O) groups is 1. The van der Waals surface area contributed by atoms with E-state index in [1.165, 1.54) is 42.2 Å². The molecule has 0 aliphatic heterocycles. The van der Waals surface area contributed by atoms with Gasteiger partial charge in [-0.25, -0.2) is 13.2 Å². The van der Waals surface area contributed by atoms with E-state index in [0.717, 1.165) is 16.5 Å². The lowest BCUT2D eigenvalue weighted by Crippen LogP contribution is -2.45. The van der Waals surface area contributed by atoms with E-state index in [2.05, 4.69) is 9.71 Å². The topological polar surface area (TPSA) is 155 Å². The number of nitro groups is 1. The molecule has 2 atom stereocenters. The third-order valence-corrected chi connectivity index (χ3v) is 8.51. The second kappa shape index (κ2) is 12.4. The van der Waals surface area contributed by atoms with Crippen molar-refractivity contribution in [2.75, 3.05) is 11.3 Å². The quantitative estimate of drug-likeness (QED) is 0.145. The van der Waals surface area contributed by atoms with Crippen LogP contribution in [-0.4, -0.2) is 52.6 Å². The smallest absolute Gasteiger partial charge is 0.410 e. The molecule has 0 saturated carbocycles. The van der Waals surface area contributed by atoms with Crippen molar-refractivity contribution in [3.05, 3.63) is 99.7 Å². The van der Waals surface area contributed by atoms with Gasteiger partial charge in [-0.05, 0) is 76.4 Å². The summed E-state index contributed by atoms with van der Waals surface area (Å²) in [6.07, 6.45) is 0.640. The number of hydrogen-bond donors (Lipinski definition) is 3. The van der Waals surface area contributed by atoms with Gasteiger partial charge in [-0.3, -0.25) is 14.8 Å². The predicted octanol–water partition coefficient (Wildman–Crippen LogP) is 6.09. The van der Waals surface area contributed by atoms with E-state index in [4.69, 9.17) is 4.74 Å². The van der Waals surface area contributed by atoms with Gasteiger partial charge in [0.15, 0.2) is 0 Å². The molecule has 11 nitrogen and oxygen atoms in total. The van der Waals surface area contributed by atoms with Gasteiger partial charge in [-0.2, -0.15) is 0 Å². The Morgan fingerprint density at radius 2 is 1.81 bits per heavy atom. The minimum Gasteiger partial charge on any atom is -0.444 e. The minimum atomic E-state index is -4.18. The van der Waals surface area contributed by atoms with Gasteiger partial charge in [0.05, 0.1) is 22.5 Å². The van der Waals surface area contributed by atoms with Crippen LogP contribution in [-0.2, 0) is 21.2 Å². The van der Waals surface area contributed by atoms with Crippen LogP contribution in [0.5, 0.6) is 0 Å². The van der Waals surface area contributed by atoms with Crippen molar-refractivity contribution in [2.45, 2.75) is 63.7 Å². The zero-order valence-electron chi connectivity index (χ0n) is 24.7. The standard InChI is InChI=1S/C31H36N4O7S/c1-20(16-23-18-32-26-13-7-6-12-25(23)26)34(30(37)42-31(3,4)5)19-28(36)22-10-8-11-24(17-22)33-43(40,41)29-15-9-14-27(21(29)2)35(38)39/h6-15,17-18,20,28,32-33,36H,16,19H2,1-5H3/t20-,28+/m1/s1. The van der Waals surface area contributed by atoms with E-state index in [1.54, 1.807) is 32.9 Å². The Balaban J connectivity index is 1.57. The van der Waals surface area contributed by atoms with Crippen LogP contribution < -0.4 is 4.72 Å². The molecule has 3 aromatic carbocycles. The Morgan fingerprint density at radius 1 is 1.12 bits per heavy atom. The molecule has 0 bridgehead atoms. The van der Waals surface area contributed by atoms with Gasteiger partial charge in [0.2, 0.25) is 0 Å². The lowest BCUT2D eigenvalue weighted by molar-refractivity contribution is -0.385. The highest BCUT2D eigenvalue weighted by Crippen LogP contribution is 2.28. The summed E-state index contributed by atoms with van der Waals surface area (Å²) >= 11 is 0. The SMILES string of the molecule is Cc1c([N+](=O)[O-])cccc1S(=O)(=O)Nc1cccc([C@@H](O)CN(C(=O)OC(C)(C)C)[C@H](C)Cc2c[nH]c3ccccc23)c1. The van der Waals surface area contributed by atoms with Gasteiger partial charge in [-0.1, -0.05) is 36.4 Å². The first-order valence-electron chi connectivity index (χ1n) is 13.8. The molecular formula is C31H36N4O7S. The summed E-state index contributed by atoms with van der Waals surface area (Å²) in [6.45, 7) is 8.44. The Kier molecular flexibility index (Phi) is 9.12. The Hall–Kier alpha value is -4.42. The fourth-order valence-corrected chi connectivity index (χ4v) is 6.20. The molecule has 0 aliphatic rings. The Labute approximate surface area is 250 Å². The maximum absolute atomic E-state index is 13.3. The predicted molar refractivity (Wildman–Crippen MR) is 164 cm³/mol. The molecule has 4 aromatic rings. The number of rotatable bonds is 10. The van der Waals surface area contributed by atoms with E-state index in [-0.39, 0.29) is 34.4 Å². The molecule has 12 heteroatoms. The summed E-state index contributed by atoms with van der Waals surface area (Å²) in [4.78, 5) is 28.5. The van der Waals surface area contributed by atoms with Crippen molar-refractivity contribution in [3.8, 4) is 0 Å². The van der Waals surface area contributed by atoms with Crippen LogP contribution in [0.4, 0.5) is 16.2 Å². The number of aromatic amines is 1. The van der Waals surface area contributed by atoms with Crippen molar-refractivity contribution in [1.82, 2.24) is 9.88 Å². The molecule has 1 heterocycles. The third kappa shape index (κ3) is 7.51. The van der Waals surface area contributed by atoms with Crippen molar-refractivity contribution >= 4 is 38.4 Å². The fraction of sp³-hybridized carbons (Fsp3) is 0.323. The Bertz CT molecular complexity index is 1740. The average molecular weight is 609 g/mol. The molecule has 43 heavy (non-hydrogen) atoms. The summed E-state index contributed by atoms with van der Waals surface area (Å²) in [5.74, 6) is 0. The number of para-hydroxylation sites is 1. The van der Waals surface area contributed by atoms with Gasteiger partial charge in [0, 0.05) is 40.5 Å². The lowest BCUT2D eigenvalue weighted by Gasteiger charge is -2.33. The van der Waals surface area contributed by atoms with Crippen LogP contribution in [0.1, 0.15) is 50.5 Å². The lowest BCUT2D eigenvalue weighted by atomic mass is 10.0. The molecule has 1 amide bonds. The second-order valence-electron chi connectivity index (χ2n) is 11.4. The number of hydrogen-bond acceptors (Lipinski definition) is 7. The van der Waals surface area contributed by atoms with Gasteiger partial charge in [0.25, 0.3) is 15.7 Å². The summed E-state index contributed by atoms with van der Waals surface area (Å²) in [6, 6.07) is 17.5. The van der Waals surface area contributed by atoms with Crippen molar-refractivity contribution in [1.29, 1.82) is 0 Å². The number of anilines is 1. The number of benzene rings is 3. The molecule has 228 valence electrons. The summed E-state index contributed by atoms with van der Waals surface area (Å²) in [5, 5.41) is 23.6. The maximum atomic E-state index is 13.3. The second-order valence-corrected chi connectivity index (χ2v) is 13.1. The number of carbonyl (C=O) groups excluding carboxylic acids is 1. The number of aliphatic hydroxyl groups excluding tert-OH is 1. The van der Waals surface area contributed by atoms with Gasteiger partial charge < -0.3 is 19.7 Å². The van der Waals surface area contributed by atoms with E-state index in [9.17, 15) is 28.4 Å². The first-order chi connectivity index (χ1) is 20.2. The summed E-state index contributed by atoms with van der Waals surface area (Å²) in [7, 11) is -4.18. The molecule has 0 radical (unpaired) electrons. The van der Waals surface area contributed by atoms with Crippen LogP contribution >= 0.6 is 0 Å². The zero-order chi connectivity index (χ0) is 31.5. The molecule has 1 aromatic heterocycles. The van der Waals surface area contributed by atoms with Gasteiger partial charge in [-0.15, -0.1) is 0 Å². The highest BCUT2D eigenvalue weighted by molar-refractivity contribution is 7.92. The number of nitro benzene ring substituents is 1. The normalized spacial score (nSPS) is 13.3. The summed E-state index contributed by atoms with van der Waals surface area (Å²) in [5.41, 5.74) is 1.45. The molecular weight excluding hydrogens is 572 g/mol. The number of aromatic nitrogens is 1. The third-order valence-electron chi connectivity index (χ3n) is 6.99. The largest absolute Gasteiger partial charge is 0.444 e. The average Bonchev–Trinajstić information content (AvgIpc) is 3.32. The number of nitrogens with zero attached hydrogens (tertiary/aromatic N) is 2. The number of aliphatic hydroxyl groups is 1. The Morgan fingerprint density at radius 3 is 2.51 bits per heavy atom. The van der Waals surface area contributed by atoms with Crippen LogP contribution in [0.25, 0.3) is 10.9 Å². The van der Waals surface area contributed by atoms with Crippen LogP contribution in [0.2, 0.25) is 0 Å². The van der Waals surface area contributed by atoms with E-state index in [0.29, 0.717) is 12.0 Å². The van der Waals surface area contributed by atoms with E-state index >= 15 is 0 Å². The van der Waals surface area contributed by atoms with E-state index < -0.39 is 32.7 Å². The monoisotopic (exact) mass is 608 g/mol. The number of fused-ring (bicyclic) bond motifs is 1. The maximum Gasteiger partial charge on any atom is 0.410 e. The number of ether oxygens (including phenoxy) is 1. The number of H-pyrrole nitrogens is 1. The molecule has 0 fully saturated rings. The molecule has 4 rings (SSSR count). The van der Waals surface area contributed by atoms with Crippen LogP contribution in [0.3, 0.4) is 0 Å². The van der Waals surface area contributed by atoms with Gasteiger partial charge >= 0.3 is 6.09 Å². The molecule has 3 N–H and O–H groups in total. The molecule has 0 spiro atoms. The van der Waals surface area contributed by atoms with Crippen LogP contribution in [0.15, 0.2) is 77.8 Å². The fourth-order valence-electron chi connectivity index (χ4n) is 4.89. The number of sulfonamides is 1. The zero-order valence-corrected chi connectivity index (χ0v) is 25.5. The highest BCUT2D eigenvalue weighted by Gasteiger charge is 2.29. The number of amides is 1. The molecule has 0 saturated heterocycles. The van der Waals surface area contributed by atoms with Gasteiger partial charge in [0.1, 0.15) is 5.60 Å². The van der Waals surface area contributed by atoms with E-state index in [1.807, 2.05) is 37.4 Å². The molecule has 0 aliphatic carbocycles. The first-order valence-corrected chi connectivity index (χ1v) is 15.2. The minimum absolute atomic E-state index is 0.00776.